The molecule has 0 spiro atoms. The normalized spacial score (nSPS) is 21.7. The van der Waals surface area contributed by atoms with Crippen LogP contribution in [0.25, 0.3) is 0 Å². The average Bonchev–Trinajstić information content (AvgIpc) is 3.14. The summed E-state index contributed by atoms with van der Waals surface area (Å²) >= 11 is 0. The van der Waals surface area contributed by atoms with Crippen molar-refractivity contribution in [1.82, 2.24) is 28.6 Å². The summed E-state index contributed by atoms with van der Waals surface area (Å²) in [5, 5.41) is 4.72. The van der Waals surface area contributed by atoms with Crippen LogP contribution < -0.4 is 0 Å². The molecule has 1 aliphatic carbocycles. The van der Waals surface area contributed by atoms with E-state index < -0.39 is 10.0 Å². The Labute approximate surface area is 147 Å². The fourth-order valence-electron chi connectivity index (χ4n) is 3.38. The molecule has 0 aromatic carbocycles. The van der Waals surface area contributed by atoms with Crippen LogP contribution in [0.3, 0.4) is 0 Å². The Bertz CT molecular complexity index is 880. The number of imidazole rings is 1. The van der Waals surface area contributed by atoms with Crippen molar-refractivity contribution in [3.8, 4) is 0 Å². The maximum Gasteiger partial charge on any atom is 0.262 e. The third-order valence-corrected chi connectivity index (χ3v) is 6.58. The number of fused-ring (bicyclic) bond motifs is 1. The lowest BCUT2D eigenvalue weighted by Gasteiger charge is -2.34. The van der Waals surface area contributed by atoms with Gasteiger partial charge in [-0.15, -0.1) is 0 Å². The first-order chi connectivity index (χ1) is 11.9. The average molecular weight is 364 g/mol. The predicted octanol–water partition coefficient (Wildman–Crippen LogP) is 1.68. The Kier molecular flexibility index (Phi) is 3.95. The highest BCUT2D eigenvalue weighted by Gasteiger charge is 2.41. The number of sulfonamides is 1. The van der Waals surface area contributed by atoms with Crippen LogP contribution in [0.1, 0.15) is 56.7 Å². The summed E-state index contributed by atoms with van der Waals surface area (Å²) in [4.78, 5) is 8.80. The van der Waals surface area contributed by atoms with Crippen molar-refractivity contribution in [2.45, 2.75) is 56.6 Å². The van der Waals surface area contributed by atoms with E-state index in [1.807, 2.05) is 4.68 Å². The smallest absolute Gasteiger partial charge is 0.262 e. The van der Waals surface area contributed by atoms with Gasteiger partial charge < -0.3 is 4.57 Å². The molecule has 1 saturated carbocycles. The zero-order chi connectivity index (χ0) is 17.8. The first-order valence-corrected chi connectivity index (χ1v) is 10.2. The third kappa shape index (κ3) is 2.99. The van der Waals surface area contributed by atoms with Crippen molar-refractivity contribution in [1.29, 1.82) is 0 Å². The molecular weight excluding hydrogens is 340 g/mol. The van der Waals surface area contributed by atoms with Crippen LogP contribution in [0.15, 0.2) is 17.6 Å². The highest BCUT2D eigenvalue weighted by Crippen LogP contribution is 2.40. The molecule has 8 nitrogen and oxygen atoms in total. The molecule has 136 valence electrons. The lowest BCUT2D eigenvalue weighted by Crippen LogP contribution is -2.43. The largest absolute Gasteiger partial charge is 0.339 e. The van der Waals surface area contributed by atoms with Crippen molar-refractivity contribution >= 4 is 10.0 Å². The molecule has 3 heterocycles. The number of aryl methyl sites for hydroxylation is 1. The molecule has 0 radical (unpaired) electrons. The van der Waals surface area contributed by atoms with Gasteiger partial charge in [-0.1, -0.05) is 13.8 Å². The molecule has 0 bridgehead atoms. The fourth-order valence-corrected chi connectivity index (χ4v) is 4.93. The van der Waals surface area contributed by atoms with Crippen LogP contribution >= 0.6 is 0 Å². The van der Waals surface area contributed by atoms with Crippen molar-refractivity contribution in [3.63, 3.8) is 0 Å². The zero-order valence-corrected chi connectivity index (χ0v) is 15.6. The molecule has 1 atom stereocenters. The molecule has 25 heavy (non-hydrogen) atoms. The molecule has 1 fully saturated rings. The van der Waals surface area contributed by atoms with Gasteiger partial charge in [0.2, 0.25) is 0 Å². The van der Waals surface area contributed by atoms with Crippen LogP contribution in [-0.4, -0.2) is 43.6 Å². The number of aromatic nitrogens is 5. The van der Waals surface area contributed by atoms with Gasteiger partial charge in [-0.3, -0.25) is 0 Å². The predicted molar refractivity (Wildman–Crippen MR) is 91.3 cm³/mol. The summed E-state index contributed by atoms with van der Waals surface area (Å²) in [7, 11) is -1.88. The summed E-state index contributed by atoms with van der Waals surface area (Å²) < 4.78 is 31.4. The zero-order valence-electron chi connectivity index (χ0n) is 14.8. The van der Waals surface area contributed by atoms with E-state index >= 15 is 0 Å². The molecule has 2 aromatic rings. The van der Waals surface area contributed by atoms with Crippen LogP contribution in [0.5, 0.6) is 0 Å². The SMILES string of the molecule is CC(C)C[C@H]1c2nc(C3CC3)nn2CCN1S(=O)(=O)c1cn(C)cn1. The van der Waals surface area contributed by atoms with E-state index in [1.165, 1.54) is 6.33 Å². The van der Waals surface area contributed by atoms with Crippen molar-refractivity contribution < 1.29 is 8.42 Å². The number of rotatable bonds is 5. The van der Waals surface area contributed by atoms with Crippen LogP contribution in [0.2, 0.25) is 0 Å². The minimum Gasteiger partial charge on any atom is -0.339 e. The molecule has 1 aliphatic heterocycles. The Hall–Kier alpha value is -1.74. The second-order valence-electron chi connectivity index (χ2n) is 7.46. The summed E-state index contributed by atoms with van der Waals surface area (Å²) in [6.07, 6.45) is 6.05. The number of hydrogen-bond acceptors (Lipinski definition) is 5. The van der Waals surface area contributed by atoms with Gasteiger partial charge in [0.1, 0.15) is 5.82 Å². The Morgan fingerprint density at radius 2 is 2.04 bits per heavy atom. The van der Waals surface area contributed by atoms with Gasteiger partial charge in [0.05, 0.1) is 18.9 Å². The topological polar surface area (TPSA) is 85.9 Å². The lowest BCUT2D eigenvalue weighted by molar-refractivity contribution is 0.221. The molecule has 0 unspecified atom stereocenters. The Morgan fingerprint density at radius 3 is 2.64 bits per heavy atom. The van der Waals surface area contributed by atoms with Crippen molar-refractivity contribution in [2.75, 3.05) is 6.54 Å². The van der Waals surface area contributed by atoms with Gasteiger partial charge in [0, 0.05) is 25.7 Å². The Balaban J connectivity index is 1.73. The van der Waals surface area contributed by atoms with Crippen molar-refractivity contribution in [3.05, 3.63) is 24.2 Å². The fraction of sp³-hybridized carbons (Fsp3) is 0.688. The minimum atomic E-state index is -3.65. The van der Waals surface area contributed by atoms with Crippen LogP contribution in [-0.2, 0) is 23.6 Å². The second-order valence-corrected chi connectivity index (χ2v) is 9.30. The van der Waals surface area contributed by atoms with Gasteiger partial charge >= 0.3 is 0 Å². The van der Waals surface area contributed by atoms with E-state index in [1.54, 1.807) is 22.1 Å². The van der Waals surface area contributed by atoms with Crippen LogP contribution in [0.4, 0.5) is 0 Å². The number of nitrogens with zero attached hydrogens (tertiary/aromatic N) is 6. The van der Waals surface area contributed by atoms with Gasteiger partial charge in [0.25, 0.3) is 10.0 Å². The minimum absolute atomic E-state index is 0.0964. The quantitative estimate of drug-likeness (QED) is 0.806. The van der Waals surface area contributed by atoms with E-state index in [9.17, 15) is 8.42 Å². The molecule has 2 aliphatic rings. The monoisotopic (exact) mass is 364 g/mol. The summed E-state index contributed by atoms with van der Waals surface area (Å²) in [5.74, 6) is 2.46. The van der Waals surface area contributed by atoms with E-state index in [0.29, 0.717) is 24.9 Å². The van der Waals surface area contributed by atoms with Gasteiger partial charge in [-0.2, -0.15) is 9.40 Å². The van der Waals surface area contributed by atoms with E-state index in [4.69, 9.17) is 4.98 Å². The maximum absolute atomic E-state index is 13.1. The van der Waals surface area contributed by atoms with Gasteiger partial charge in [0.15, 0.2) is 10.9 Å². The number of hydrogen-bond donors (Lipinski definition) is 0. The molecule has 0 saturated heterocycles. The van der Waals surface area contributed by atoms with Gasteiger partial charge in [-0.25, -0.2) is 23.1 Å². The van der Waals surface area contributed by atoms with E-state index in [2.05, 4.69) is 23.9 Å². The first kappa shape index (κ1) is 16.7. The molecule has 0 amide bonds. The second kappa shape index (κ2) is 5.91. The highest BCUT2D eigenvalue weighted by molar-refractivity contribution is 7.89. The van der Waals surface area contributed by atoms with Crippen LogP contribution in [0, 0.1) is 5.92 Å². The summed E-state index contributed by atoms with van der Waals surface area (Å²) in [6, 6.07) is -0.291. The summed E-state index contributed by atoms with van der Waals surface area (Å²) in [6.45, 7) is 5.14. The molecule has 0 N–H and O–H groups in total. The highest BCUT2D eigenvalue weighted by atomic mass is 32.2. The third-order valence-electron chi connectivity index (χ3n) is 4.79. The molecule has 4 rings (SSSR count). The molecular formula is C16H24N6O2S. The first-order valence-electron chi connectivity index (χ1n) is 8.80. The standard InChI is InChI=1S/C16H24N6O2S/c1-11(2)8-13-16-18-15(12-4-5-12)19-21(16)6-7-22(13)25(23,24)14-9-20(3)10-17-14/h9-13H,4-8H2,1-3H3/t13-/m0/s1. The van der Waals surface area contributed by atoms with E-state index in [-0.39, 0.29) is 11.1 Å². The Morgan fingerprint density at radius 1 is 1.28 bits per heavy atom. The molecule has 2 aromatic heterocycles. The van der Waals surface area contributed by atoms with Crippen molar-refractivity contribution in [2.24, 2.45) is 13.0 Å². The van der Waals surface area contributed by atoms with E-state index in [0.717, 1.165) is 30.9 Å². The summed E-state index contributed by atoms with van der Waals surface area (Å²) in [5.41, 5.74) is 0. The molecule has 9 heteroatoms. The maximum atomic E-state index is 13.1. The lowest BCUT2D eigenvalue weighted by atomic mass is 10.0. The van der Waals surface area contributed by atoms with Gasteiger partial charge in [-0.05, 0) is 25.2 Å².